The number of benzene rings is 1. The van der Waals surface area contributed by atoms with Crippen LogP contribution in [0.3, 0.4) is 0 Å². The van der Waals surface area contributed by atoms with Gasteiger partial charge in [-0.25, -0.2) is 8.78 Å². The number of nitrogens with one attached hydrogen (secondary N) is 1. The molecule has 1 aliphatic heterocycles. The van der Waals surface area contributed by atoms with Crippen molar-refractivity contribution >= 4 is 24.8 Å². The molecule has 116 valence electrons. The molecule has 1 saturated heterocycles. The maximum Gasteiger partial charge on any atom is 0.159 e. The van der Waals surface area contributed by atoms with Gasteiger partial charge < -0.3 is 15.8 Å². The van der Waals surface area contributed by atoms with Crippen molar-refractivity contribution in [2.24, 2.45) is 11.7 Å². The molecule has 0 spiro atoms. The molecule has 1 aromatic carbocycles. The maximum absolute atomic E-state index is 13.2. The van der Waals surface area contributed by atoms with Gasteiger partial charge in [0.15, 0.2) is 11.6 Å². The van der Waals surface area contributed by atoms with Crippen LogP contribution in [0, 0.1) is 17.6 Å². The van der Waals surface area contributed by atoms with Crippen LogP contribution >= 0.6 is 24.8 Å². The Bertz CT molecular complexity index is 423. The zero-order valence-electron chi connectivity index (χ0n) is 11.1. The molecule has 3 nitrogen and oxygen atoms in total. The summed E-state index contributed by atoms with van der Waals surface area (Å²) in [5.41, 5.74) is 6.61. The van der Waals surface area contributed by atoms with Gasteiger partial charge in [0.05, 0.1) is 6.10 Å². The second-order valence-electron chi connectivity index (χ2n) is 4.72. The number of halogens is 4. The molecular weight excluding hydrogens is 309 g/mol. The smallest absolute Gasteiger partial charge is 0.159 e. The van der Waals surface area contributed by atoms with Crippen LogP contribution in [0.4, 0.5) is 8.78 Å². The summed E-state index contributed by atoms with van der Waals surface area (Å²) >= 11 is 0. The van der Waals surface area contributed by atoms with Crippen LogP contribution in [0.2, 0.25) is 0 Å². The average molecular weight is 329 g/mol. The lowest BCUT2D eigenvalue weighted by atomic mass is 9.93. The summed E-state index contributed by atoms with van der Waals surface area (Å²) in [5.74, 6) is -1.39. The van der Waals surface area contributed by atoms with Crippen LogP contribution in [-0.4, -0.2) is 26.2 Å². The summed E-state index contributed by atoms with van der Waals surface area (Å²) in [7, 11) is 1.57. The molecule has 0 aromatic heterocycles. The summed E-state index contributed by atoms with van der Waals surface area (Å²) in [6.45, 7) is 1.63. The molecule has 1 fully saturated rings. The van der Waals surface area contributed by atoms with E-state index in [1.54, 1.807) is 13.2 Å². The first-order chi connectivity index (χ1) is 8.61. The van der Waals surface area contributed by atoms with Gasteiger partial charge in [-0.3, -0.25) is 0 Å². The van der Waals surface area contributed by atoms with E-state index in [-0.39, 0.29) is 37.0 Å². The number of rotatable bonds is 4. The minimum absolute atomic E-state index is 0. The minimum atomic E-state index is -0.844. The van der Waals surface area contributed by atoms with Gasteiger partial charge in [0.25, 0.3) is 0 Å². The third-order valence-corrected chi connectivity index (χ3v) is 3.51. The summed E-state index contributed by atoms with van der Waals surface area (Å²) in [4.78, 5) is 0. The fourth-order valence-electron chi connectivity index (χ4n) is 2.37. The third kappa shape index (κ3) is 4.53. The Morgan fingerprint density at radius 1 is 1.30 bits per heavy atom. The highest BCUT2D eigenvalue weighted by atomic mass is 35.5. The van der Waals surface area contributed by atoms with Crippen molar-refractivity contribution in [3.8, 4) is 0 Å². The molecule has 0 radical (unpaired) electrons. The van der Waals surface area contributed by atoms with Crippen LogP contribution in [0.15, 0.2) is 18.2 Å². The first-order valence-electron chi connectivity index (χ1n) is 6.06. The normalized spacial score (nSPS) is 22.8. The van der Waals surface area contributed by atoms with Crippen molar-refractivity contribution in [3.05, 3.63) is 35.4 Å². The van der Waals surface area contributed by atoms with Gasteiger partial charge in [-0.05, 0) is 36.6 Å². The third-order valence-electron chi connectivity index (χ3n) is 3.51. The topological polar surface area (TPSA) is 47.3 Å². The molecule has 1 aromatic rings. The van der Waals surface area contributed by atoms with Gasteiger partial charge in [0, 0.05) is 19.7 Å². The Kier molecular flexibility index (Phi) is 8.54. The Hall–Kier alpha value is -0.460. The lowest BCUT2D eigenvalue weighted by Gasteiger charge is -2.22. The molecule has 0 saturated carbocycles. The summed E-state index contributed by atoms with van der Waals surface area (Å²) in [5, 5.41) is 3.21. The van der Waals surface area contributed by atoms with Gasteiger partial charge in [0.2, 0.25) is 0 Å². The van der Waals surface area contributed by atoms with Crippen LogP contribution in [-0.2, 0) is 4.74 Å². The number of methoxy groups -OCH3 is 1. The molecule has 0 aliphatic carbocycles. The minimum Gasteiger partial charge on any atom is -0.377 e. The monoisotopic (exact) mass is 328 g/mol. The Labute approximate surface area is 130 Å². The molecular formula is C13H20Cl2F2N2O. The van der Waals surface area contributed by atoms with Gasteiger partial charge >= 0.3 is 0 Å². The Balaban J connectivity index is 0.00000180. The van der Waals surface area contributed by atoms with Gasteiger partial charge in [-0.1, -0.05) is 6.07 Å². The molecule has 0 bridgehead atoms. The molecule has 7 heteroatoms. The molecule has 3 atom stereocenters. The van der Waals surface area contributed by atoms with E-state index in [2.05, 4.69) is 5.32 Å². The fraction of sp³-hybridized carbons (Fsp3) is 0.538. The standard InChI is InChI=1S/C13H18F2N2O.2ClH/c1-18-13(5-9-6-17-7-12(9)16)8-2-3-10(14)11(15)4-8;;/h2-4,9,12-13,17H,5-7,16H2,1H3;2*1H/t9-,12-,13?;;/m1../s1. The predicted molar refractivity (Wildman–Crippen MR) is 79.6 cm³/mol. The lowest BCUT2D eigenvalue weighted by molar-refractivity contribution is 0.0801. The molecule has 3 N–H and O–H groups in total. The number of nitrogens with two attached hydrogens (primary N) is 1. The fourth-order valence-corrected chi connectivity index (χ4v) is 2.37. The molecule has 0 amide bonds. The van der Waals surface area contributed by atoms with E-state index in [1.165, 1.54) is 6.07 Å². The van der Waals surface area contributed by atoms with Gasteiger partial charge in [0.1, 0.15) is 0 Å². The largest absolute Gasteiger partial charge is 0.377 e. The van der Waals surface area contributed by atoms with Crippen LogP contribution < -0.4 is 11.1 Å². The molecule has 2 rings (SSSR count). The van der Waals surface area contributed by atoms with Crippen molar-refractivity contribution in [2.45, 2.75) is 18.6 Å². The van der Waals surface area contributed by atoms with Gasteiger partial charge in [-0.2, -0.15) is 0 Å². The van der Waals surface area contributed by atoms with E-state index in [4.69, 9.17) is 10.5 Å². The summed E-state index contributed by atoms with van der Waals surface area (Å²) in [6.07, 6.45) is 0.450. The second-order valence-corrected chi connectivity index (χ2v) is 4.72. The SMILES string of the molecule is COC(C[C@@H]1CNC[C@H]1N)c1ccc(F)c(F)c1.Cl.Cl. The van der Waals surface area contributed by atoms with Crippen molar-refractivity contribution in [2.75, 3.05) is 20.2 Å². The van der Waals surface area contributed by atoms with E-state index in [0.717, 1.165) is 19.2 Å². The highest BCUT2D eigenvalue weighted by molar-refractivity contribution is 5.85. The first kappa shape index (κ1) is 19.5. The van der Waals surface area contributed by atoms with E-state index in [1.807, 2.05) is 0 Å². The van der Waals surface area contributed by atoms with E-state index >= 15 is 0 Å². The number of hydrogen-bond donors (Lipinski definition) is 2. The van der Waals surface area contributed by atoms with Crippen molar-refractivity contribution in [1.82, 2.24) is 5.32 Å². The van der Waals surface area contributed by atoms with Crippen LogP contribution in [0.1, 0.15) is 18.1 Å². The Morgan fingerprint density at radius 2 is 2.00 bits per heavy atom. The highest BCUT2D eigenvalue weighted by Crippen LogP contribution is 2.28. The molecule has 1 aliphatic rings. The van der Waals surface area contributed by atoms with Crippen molar-refractivity contribution in [3.63, 3.8) is 0 Å². The number of ether oxygens (including phenoxy) is 1. The highest BCUT2D eigenvalue weighted by Gasteiger charge is 2.27. The van der Waals surface area contributed by atoms with Crippen LogP contribution in [0.25, 0.3) is 0 Å². The predicted octanol–water partition coefficient (Wildman–Crippen LogP) is 2.43. The maximum atomic E-state index is 13.2. The van der Waals surface area contributed by atoms with Crippen molar-refractivity contribution < 1.29 is 13.5 Å². The lowest BCUT2D eigenvalue weighted by Crippen LogP contribution is -2.30. The van der Waals surface area contributed by atoms with E-state index in [9.17, 15) is 8.78 Å². The van der Waals surface area contributed by atoms with E-state index < -0.39 is 11.6 Å². The first-order valence-corrected chi connectivity index (χ1v) is 6.06. The van der Waals surface area contributed by atoms with Gasteiger partial charge in [-0.15, -0.1) is 24.8 Å². The van der Waals surface area contributed by atoms with E-state index in [0.29, 0.717) is 17.9 Å². The molecule has 20 heavy (non-hydrogen) atoms. The molecule has 1 unspecified atom stereocenters. The zero-order chi connectivity index (χ0) is 13.1. The zero-order valence-corrected chi connectivity index (χ0v) is 12.8. The average Bonchev–Trinajstić information content (AvgIpc) is 2.75. The summed E-state index contributed by atoms with van der Waals surface area (Å²) < 4.78 is 31.5. The Morgan fingerprint density at radius 3 is 2.50 bits per heavy atom. The second kappa shape index (κ2) is 8.74. The quantitative estimate of drug-likeness (QED) is 0.892. The summed E-state index contributed by atoms with van der Waals surface area (Å²) in [6, 6.07) is 3.97. The van der Waals surface area contributed by atoms with Crippen LogP contribution in [0.5, 0.6) is 0 Å². The number of hydrogen-bond acceptors (Lipinski definition) is 3. The van der Waals surface area contributed by atoms with Crippen molar-refractivity contribution in [1.29, 1.82) is 0 Å². The molecule has 1 heterocycles.